The summed E-state index contributed by atoms with van der Waals surface area (Å²) < 4.78 is 85.4. The predicted octanol–water partition coefficient (Wildman–Crippen LogP) is 12.6. The van der Waals surface area contributed by atoms with Crippen LogP contribution in [0.2, 0.25) is 0 Å². The molecule has 1 aromatic heterocycles. The molecule has 0 radical (unpaired) electrons. The Bertz CT molecular complexity index is 2960. The van der Waals surface area contributed by atoms with Crippen molar-refractivity contribution >= 4 is 43.5 Å². The standard InChI is InChI=1S/C44H28O/c1-3-15-29(16-4-1)32-19-7-8-20-33(32)43-36-23-11-9-21-34(36)42(35-22-10-12-24-37(35)43)31-27-39(30-17-5-2-6-18-30)44-38-25-13-14-26-40(38)45-41(44)28-31/h1-28H/i2D,5D,6D,7D,8D,17D,18D,19D,20D. The highest BCUT2D eigenvalue weighted by Gasteiger charge is 2.21. The van der Waals surface area contributed by atoms with Gasteiger partial charge in [0.05, 0.1) is 12.3 Å². The van der Waals surface area contributed by atoms with Crippen molar-refractivity contribution in [2.75, 3.05) is 0 Å². The fraction of sp³-hybridized carbons (Fsp3) is 0. The number of benzene rings is 8. The molecule has 0 spiro atoms. The number of hydrogen-bond acceptors (Lipinski definition) is 1. The zero-order valence-corrected chi connectivity index (χ0v) is 23.9. The van der Waals surface area contributed by atoms with E-state index in [1.54, 1.807) is 0 Å². The van der Waals surface area contributed by atoms with Crippen molar-refractivity contribution in [1.82, 2.24) is 0 Å². The smallest absolute Gasteiger partial charge is 0.136 e. The van der Waals surface area contributed by atoms with Crippen LogP contribution in [0.3, 0.4) is 0 Å². The first kappa shape index (κ1) is 18.0. The van der Waals surface area contributed by atoms with Crippen LogP contribution >= 0.6 is 0 Å². The van der Waals surface area contributed by atoms with Crippen molar-refractivity contribution in [3.8, 4) is 44.5 Å². The lowest BCUT2D eigenvalue weighted by molar-refractivity contribution is 0.669. The van der Waals surface area contributed by atoms with Crippen LogP contribution in [0.4, 0.5) is 0 Å². The van der Waals surface area contributed by atoms with Crippen molar-refractivity contribution in [2.24, 2.45) is 0 Å². The van der Waals surface area contributed by atoms with Gasteiger partial charge in [-0.05, 0) is 84.3 Å². The van der Waals surface area contributed by atoms with Crippen LogP contribution < -0.4 is 0 Å². The first-order valence-corrected chi connectivity index (χ1v) is 14.7. The van der Waals surface area contributed by atoms with Crippen molar-refractivity contribution < 1.29 is 16.8 Å². The molecule has 45 heavy (non-hydrogen) atoms. The molecule has 0 atom stereocenters. The van der Waals surface area contributed by atoms with E-state index in [9.17, 15) is 1.37 Å². The highest BCUT2D eigenvalue weighted by molar-refractivity contribution is 6.23. The van der Waals surface area contributed by atoms with E-state index in [2.05, 4.69) is 0 Å². The lowest BCUT2D eigenvalue weighted by atomic mass is 9.83. The second-order valence-corrected chi connectivity index (χ2v) is 11.0. The average Bonchev–Trinajstić information content (AvgIpc) is 3.58. The summed E-state index contributed by atoms with van der Waals surface area (Å²) in [6.07, 6.45) is 0. The summed E-state index contributed by atoms with van der Waals surface area (Å²) in [5.74, 6) is 0. The molecule has 210 valence electrons. The lowest BCUT2D eigenvalue weighted by Crippen LogP contribution is -1.93. The minimum atomic E-state index is -0.473. The van der Waals surface area contributed by atoms with E-state index in [0.717, 1.165) is 32.5 Å². The Morgan fingerprint density at radius 3 is 1.62 bits per heavy atom. The Hall–Kier alpha value is -5.92. The molecule has 1 heterocycles. The van der Waals surface area contributed by atoms with Crippen LogP contribution in [0.1, 0.15) is 12.3 Å². The van der Waals surface area contributed by atoms with E-state index in [-0.39, 0.29) is 41.8 Å². The third kappa shape index (κ3) is 4.09. The Kier molecular flexibility index (Phi) is 4.15. The van der Waals surface area contributed by atoms with E-state index >= 15 is 0 Å². The fourth-order valence-corrected chi connectivity index (χ4v) is 6.61. The molecule has 0 saturated carbocycles. The number of furan rings is 1. The molecule has 9 rings (SSSR count). The van der Waals surface area contributed by atoms with Gasteiger partial charge in [0.25, 0.3) is 0 Å². The number of fused-ring (bicyclic) bond motifs is 5. The Labute approximate surface area is 274 Å². The van der Waals surface area contributed by atoms with E-state index < -0.39 is 18.1 Å². The van der Waals surface area contributed by atoms with Gasteiger partial charge in [-0.15, -0.1) is 0 Å². The number of rotatable bonds is 4. The van der Waals surface area contributed by atoms with Crippen molar-refractivity contribution in [3.05, 3.63) is 170 Å². The van der Waals surface area contributed by atoms with E-state index in [0.29, 0.717) is 49.9 Å². The van der Waals surface area contributed by atoms with Crippen LogP contribution in [0.25, 0.3) is 88.0 Å². The van der Waals surface area contributed by atoms with Crippen molar-refractivity contribution in [1.29, 1.82) is 0 Å². The van der Waals surface area contributed by atoms with Crippen molar-refractivity contribution in [2.45, 2.75) is 0 Å². The summed E-state index contributed by atoms with van der Waals surface area (Å²) in [5.41, 5.74) is 5.16. The average molecular weight is 582 g/mol. The van der Waals surface area contributed by atoms with Crippen molar-refractivity contribution in [3.63, 3.8) is 0 Å². The first-order valence-electron chi connectivity index (χ1n) is 19.2. The van der Waals surface area contributed by atoms with Gasteiger partial charge in [0.2, 0.25) is 0 Å². The van der Waals surface area contributed by atoms with E-state index in [1.807, 2.05) is 115 Å². The summed E-state index contributed by atoms with van der Waals surface area (Å²) >= 11 is 0. The molecule has 9 aromatic rings. The zero-order valence-electron chi connectivity index (χ0n) is 32.9. The summed E-state index contributed by atoms with van der Waals surface area (Å²) in [6.45, 7) is 0. The molecule has 0 fully saturated rings. The van der Waals surface area contributed by atoms with Gasteiger partial charge in [-0.1, -0.05) is 151 Å². The SMILES string of the molecule is [2H]c1c([2H])c([2H])c(-c2cc(-c3c4ccccc4c(-c4c([2H])c([2H])c([2H])c([2H])c4-c4ccccc4)c4ccccc34)cc3oc4ccccc4c23)c([2H])c1[2H]. The molecule has 8 aromatic carbocycles. The Balaban J connectivity index is 1.46. The predicted molar refractivity (Wildman–Crippen MR) is 190 cm³/mol. The third-order valence-corrected chi connectivity index (χ3v) is 8.47. The van der Waals surface area contributed by atoms with Crippen LogP contribution in [0, 0.1) is 0 Å². The largest absolute Gasteiger partial charge is 0.456 e. The van der Waals surface area contributed by atoms with Gasteiger partial charge in [-0.25, -0.2) is 0 Å². The monoisotopic (exact) mass is 581 g/mol. The van der Waals surface area contributed by atoms with Gasteiger partial charge in [0, 0.05) is 10.8 Å². The highest BCUT2D eigenvalue weighted by Crippen LogP contribution is 2.48. The van der Waals surface area contributed by atoms with Gasteiger partial charge in [0.1, 0.15) is 11.2 Å². The topological polar surface area (TPSA) is 13.1 Å². The summed E-state index contributed by atoms with van der Waals surface area (Å²) in [5, 5.41) is 4.47. The Morgan fingerprint density at radius 1 is 0.378 bits per heavy atom. The van der Waals surface area contributed by atoms with E-state index in [4.69, 9.17) is 15.4 Å². The lowest BCUT2D eigenvalue weighted by Gasteiger charge is -2.20. The number of hydrogen-bond donors (Lipinski definition) is 0. The fourth-order valence-electron chi connectivity index (χ4n) is 6.61. The summed E-state index contributed by atoms with van der Waals surface area (Å²) in [7, 11) is 0. The van der Waals surface area contributed by atoms with Gasteiger partial charge < -0.3 is 4.42 Å². The quantitative estimate of drug-likeness (QED) is 0.188. The number of para-hydroxylation sites is 1. The molecular formula is C44H28O. The molecule has 0 unspecified atom stereocenters. The van der Waals surface area contributed by atoms with Crippen LogP contribution in [-0.2, 0) is 0 Å². The van der Waals surface area contributed by atoms with Gasteiger partial charge in [-0.2, -0.15) is 0 Å². The maximum absolute atomic E-state index is 9.30. The molecule has 1 nitrogen and oxygen atoms in total. The van der Waals surface area contributed by atoms with Gasteiger partial charge in [0.15, 0.2) is 0 Å². The molecule has 0 aliphatic rings. The van der Waals surface area contributed by atoms with Crippen LogP contribution in [0.5, 0.6) is 0 Å². The molecule has 0 aliphatic carbocycles. The summed E-state index contributed by atoms with van der Waals surface area (Å²) in [4.78, 5) is 0. The molecule has 0 saturated heterocycles. The van der Waals surface area contributed by atoms with Gasteiger partial charge >= 0.3 is 0 Å². The van der Waals surface area contributed by atoms with Crippen LogP contribution in [0.15, 0.2) is 174 Å². The minimum absolute atomic E-state index is 0.0671. The maximum atomic E-state index is 9.30. The molecule has 0 amide bonds. The normalized spacial score (nSPS) is 14.4. The second kappa shape index (κ2) is 10.4. The maximum Gasteiger partial charge on any atom is 0.136 e. The summed E-state index contributed by atoms with van der Waals surface area (Å²) in [6, 6.07) is 33.1. The molecule has 0 aliphatic heterocycles. The zero-order chi connectivity index (χ0) is 37.6. The Morgan fingerprint density at radius 2 is 0.933 bits per heavy atom. The minimum Gasteiger partial charge on any atom is -0.456 e. The molecule has 0 bridgehead atoms. The van der Waals surface area contributed by atoms with E-state index in [1.165, 1.54) is 0 Å². The van der Waals surface area contributed by atoms with Crippen LogP contribution in [-0.4, -0.2) is 0 Å². The van der Waals surface area contributed by atoms with Gasteiger partial charge in [-0.3, -0.25) is 0 Å². The molecular weight excluding hydrogens is 544 g/mol. The highest BCUT2D eigenvalue weighted by atomic mass is 16.3. The third-order valence-electron chi connectivity index (χ3n) is 8.47. The first-order chi connectivity index (χ1) is 26.1. The molecule has 0 N–H and O–H groups in total. The molecule has 1 heteroatoms. The second-order valence-electron chi connectivity index (χ2n) is 11.0.